The minimum absolute atomic E-state index is 0.414. The molecule has 5 nitrogen and oxygen atoms in total. The van der Waals surface area contributed by atoms with Crippen molar-refractivity contribution in [1.82, 2.24) is 9.97 Å². The minimum Gasteiger partial charge on any atom is -0.378 e. The van der Waals surface area contributed by atoms with Crippen molar-refractivity contribution in [3.05, 3.63) is 11.9 Å². The Morgan fingerprint density at radius 1 is 1.26 bits per heavy atom. The van der Waals surface area contributed by atoms with Crippen molar-refractivity contribution in [2.24, 2.45) is 0 Å². The van der Waals surface area contributed by atoms with Crippen LogP contribution in [0.2, 0.25) is 0 Å². The molecule has 1 atom stereocenters. The van der Waals surface area contributed by atoms with E-state index in [9.17, 15) is 0 Å². The number of aromatic nitrogens is 2. The fourth-order valence-electron chi connectivity index (χ4n) is 2.36. The summed E-state index contributed by atoms with van der Waals surface area (Å²) in [5, 5.41) is 6.63. The van der Waals surface area contributed by atoms with E-state index in [1.807, 2.05) is 6.92 Å². The number of nitrogens with one attached hydrogen (secondary N) is 2. The van der Waals surface area contributed by atoms with Gasteiger partial charge in [-0.05, 0) is 39.5 Å². The van der Waals surface area contributed by atoms with Gasteiger partial charge in [0.05, 0.1) is 6.10 Å². The van der Waals surface area contributed by atoms with Gasteiger partial charge in [0.2, 0.25) is 0 Å². The van der Waals surface area contributed by atoms with E-state index in [1.165, 1.54) is 19.3 Å². The van der Waals surface area contributed by atoms with Gasteiger partial charge in [-0.1, -0.05) is 0 Å². The largest absolute Gasteiger partial charge is 0.378 e. The molecule has 0 bridgehead atoms. The van der Waals surface area contributed by atoms with Crippen LogP contribution >= 0.6 is 0 Å². The number of anilines is 2. The number of ether oxygens (including phenoxy) is 1. The van der Waals surface area contributed by atoms with Crippen LogP contribution < -0.4 is 10.6 Å². The van der Waals surface area contributed by atoms with E-state index in [2.05, 4.69) is 27.5 Å². The summed E-state index contributed by atoms with van der Waals surface area (Å²) in [4.78, 5) is 8.54. The van der Waals surface area contributed by atoms with E-state index < -0.39 is 0 Å². The van der Waals surface area contributed by atoms with Gasteiger partial charge in [-0.25, -0.2) is 9.97 Å². The van der Waals surface area contributed by atoms with Crippen molar-refractivity contribution >= 4 is 11.6 Å². The third-order valence-electron chi connectivity index (χ3n) is 3.46. The summed E-state index contributed by atoms with van der Waals surface area (Å²) in [7, 11) is 0. The first-order valence-electron chi connectivity index (χ1n) is 7.22. The smallest absolute Gasteiger partial charge is 0.134 e. The fraction of sp³-hybridized carbons (Fsp3) is 0.714. The summed E-state index contributed by atoms with van der Waals surface area (Å²) in [6.07, 6.45) is 6.75. The molecule has 0 amide bonds. The zero-order chi connectivity index (χ0) is 13.5. The highest BCUT2D eigenvalue weighted by molar-refractivity contribution is 5.56. The molecule has 1 aromatic rings. The Labute approximate surface area is 115 Å². The van der Waals surface area contributed by atoms with Crippen molar-refractivity contribution in [3.63, 3.8) is 0 Å². The Balaban J connectivity index is 1.83. The third kappa shape index (κ3) is 4.06. The quantitative estimate of drug-likeness (QED) is 0.827. The van der Waals surface area contributed by atoms with Crippen molar-refractivity contribution in [1.29, 1.82) is 0 Å². The molecule has 5 heteroatoms. The second-order valence-corrected chi connectivity index (χ2v) is 4.93. The van der Waals surface area contributed by atoms with Crippen LogP contribution in [0.1, 0.15) is 38.2 Å². The van der Waals surface area contributed by atoms with Crippen molar-refractivity contribution in [2.75, 3.05) is 30.3 Å². The van der Waals surface area contributed by atoms with Crippen LogP contribution in [-0.4, -0.2) is 35.8 Å². The molecule has 2 rings (SSSR count). The second kappa shape index (κ2) is 7.28. The summed E-state index contributed by atoms with van der Waals surface area (Å²) in [6, 6.07) is 0. The van der Waals surface area contributed by atoms with Gasteiger partial charge in [0.1, 0.15) is 18.0 Å². The summed E-state index contributed by atoms with van der Waals surface area (Å²) in [5.41, 5.74) is 1.08. The van der Waals surface area contributed by atoms with E-state index in [-0.39, 0.29) is 0 Å². The summed E-state index contributed by atoms with van der Waals surface area (Å²) in [5.74, 6) is 1.83. The summed E-state index contributed by atoms with van der Waals surface area (Å²) >= 11 is 0. The molecule has 0 aliphatic carbocycles. The SMILES string of the molecule is CCNc1ncnc(NCCC2CCCCO2)c1C. The lowest BCUT2D eigenvalue weighted by Crippen LogP contribution is -2.22. The first kappa shape index (κ1) is 14.1. The van der Waals surface area contributed by atoms with Gasteiger partial charge < -0.3 is 15.4 Å². The van der Waals surface area contributed by atoms with Gasteiger partial charge in [0.15, 0.2) is 0 Å². The van der Waals surface area contributed by atoms with Crippen LogP contribution in [0.15, 0.2) is 6.33 Å². The molecule has 0 radical (unpaired) electrons. The highest BCUT2D eigenvalue weighted by Gasteiger charge is 2.13. The lowest BCUT2D eigenvalue weighted by molar-refractivity contribution is 0.0134. The fourth-order valence-corrected chi connectivity index (χ4v) is 2.36. The predicted octanol–water partition coefficient (Wildman–Crippen LogP) is 2.59. The van der Waals surface area contributed by atoms with Crippen molar-refractivity contribution in [3.8, 4) is 0 Å². The van der Waals surface area contributed by atoms with E-state index >= 15 is 0 Å². The van der Waals surface area contributed by atoms with Crippen molar-refractivity contribution < 1.29 is 4.74 Å². The first-order chi connectivity index (χ1) is 9.31. The van der Waals surface area contributed by atoms with Gasteiger partial charge >= 0.3 is 0 Å². The van der Waals surface area contributed by atoms with E-state index in [4.69, 9.17) is 4.74 Å². The monoisotopic (exact) mass is 264 g/mol. The Bertz CT molecular complexity index is 391. The maximum Gasteiger partial charge on any atom is 0.134 e. The molecule has 1 aromatic heterocycles. The van der Waals surface area contributed by atoms with Crippen molar-refractivity contribution in [2.45, 2.75) is 45.6 Å². The van der Waals surface area contributed by atoms with E-state index in [0.717, 1.165) is 43.3 Å². The highest BCUT2D eigenvalue weighted by Crippen LogP contribution is 2.19. The molecule has 0 saturated carbocycles. The molecule has 1 saturated heterocycles. The van der Waals surface area contributed by atoms with Crippen LogP contribution in [0.25, 0.3) is 0 Å². The standard InChI is InChI=1S/C14H24N4O/c1-3-15-13-11(2)14(18-10-17-13)16-8-7-12-6-4-5-9-19-12/h10,12H,3-9H2,1-2H3,(H2,15,16,17,18). The topological polar surface area (TPSA) is 59.1 Å². The molecule has 1 aliphatic rings. The Kier molecular flexibility index (Phi) is 5.39. The molecule has 1 aliphatic heterocycles. The average molecular weight is 264 g/mol. The zero-order valence-corrected chi connectivity index (χ0v) is 11.9. The third-order valence-corrected chi connectivity index (χ3v) is 3.46. The number of hydrogen-bond donors (Lipinski definition) is 2. The van der Waals surface area contributed by atoms with Gasteiger partial charge in [-0.15, -0.1) is 0 Å². The molecule has 1 fully saturated rings. The van der Waals surface area contributed by atoms with Gasteiger partial charge in [0, 0.05) is 25.3 Å². The molecule has 2 N–H and O–H groups in total. The van der Waals surface area contributed by atoms with Crippen LogP contribution in [0.3, 0.4) is 0 Å². The van der Waals surface area contributed by atoms with E-state index in [0.29, 0.717) is 6.10 Å². The normalized spacial score (nSPS) is 19.2. The number of nitrogens with zero attached hydrogens (tertiary/aromatic N) is 2. The van der Waals surface area contributed by atoms with Crippen LogP contribution in [-0.2, 0) is 4.74 Å². The second-order valence-electron chi connectivity index (χ2n) is 4.93. The maximum absolute atomic E-state index is 5.72. The van der Waals surface area contributed by atoms with Crippen LogP contribution in [0, 0.1) is 6.92 Å². The van der Waals surface area contributed by atoms with Crippen LogP contribution in [0.5, 0.6) is 0 Å². The number of rotatable bonds is 6. The lowest BCUT2D eigenvalue weighted by Gasteiger charge is -2.22. The minimum atomic E-state index is 0.414. The number of hydrogen-bond acceptors (Lipinski definition) is 5. The first-order valence-corrected chi connectivity index (χ1v) is 7.22. The van der Waals surface area contributed by atoms with Gasteiger partial charge in [-0.2, -0.15) is 0 Å². The molecular weight excluding hydrogens is 240 g/mol. The maximum atomic E-state index is 5.72. The van der Waals surface area contributed by atoms with Gasteiger partial charge in [0.25, 0.3) is 0 Å². The Hall–Kier alpha value is -1.36. The molecule has 2 heterocycles. The summed E-state index contributed by atoms with van der Waals surface area (Å²) in [6.45, 7) is 6.79. The zero-order valence-electron chi connectivity index (χ0n) is 11.9. The molecule has 0 aromatic carbocycles. The molecular formula is C14H24N4O. The van der Waals surface area contributed by atoms with Crippen LogP contribution in [0.4, 0.5) is 11.6 Å². The predicted molar refractivity (Wildman–Crippen MR) is 77.6 cm³/mol. The molecule has 1 unspecified atom stereocenters. The molecule has 0 spiro atoms. The van der Waals surface area contributed by atoms with Gasteiger partial charge in [-0.3, -0.25) is 0 Å². The Morgan fingerprint density at radius 3 is 2.74 bits per heavy atom. The molecule has 106 valence electrons. The average Bonchev–Trinajstić information content (AvgIpc) is 2.44. The Morgan fingerprint density at radius 2 is 2.05 bits per heavy atom. The highest BCUT2D eigenvalue weighted by atomic mass is 16.5. The summed E-state index contributed by atoms with van der Waals surface area (Å²) < 4.78 is 5.72. The van der Waals surface area contributed by atoms with E-state index in [1.54, 1.807) is 6.33 Å². The lowest BCUT2D eigenvalue weighted by atomic mass is 10.1. The molecule has 19 heavy (non-hydrogen) atoms.